The second-order valence-corrected chi connectivity index (χ2v) is 5.64. The smallest absolute Gasteiger partial charge is 0.233 e. The molecule has 1 amide bonds. The van der Waals surface area contributed by atoms with Crippen molar-refractivity contribution in [2.45, 2.75) is 19.4 Å². The van der Waals surface area contributed by atoms with E-state index in [2.05, 4.69) is 24.3 Å². The molecule has 0 spiro atoms. The molecule has 2 atom stereocenters. The largest absolute Gasteiger partial charge is 0.370 e. The lowest BCUT2D eigenvalue weighted by Gasteiger charge is -2.35. The van der Waals surface area contributed by atoms with Gasteiger partial charge >= 0.3 is 0 Å². The number of ether oxygens (including phenoxy) is 1. The summed E-state index contributed by atoms with van der Waals surface area (Å²) in [5.74, 6) is 0.109. The molecular weight excluding hydrogens is 262 g/mol. The fourth-order valence-electron chi connectivity index (χ4n) is 2.94. The van der Waals surface area contributed by atoms with Crippen LogP contribution in [0.15, 0.2) is 54.1 Å². The molecule has 0 radical (unpaired) electrons. The predicted molar refractivity (Wildman–Crippen MR) is 82.7 cm³/mol. The average molecular weight is 283 g/mol. The van der Waals surface area contributed by atoms with E-state index in [-0.39, 0.29) is 17.9 Å². The first-order valence-corrected chi connectivity index (χ1v) is 7.54. The summed E-state index contributed by atoms with van der Waals surface area (Å²) < 4.78 is 5.83. The van der Waals surface area contributed by atoms with Gasteiger partial charge in [0, 0.05) is 6.54 Å². The number of allylic oxidation sites excluding steroid dienone is 2. The van der Waals surface area contributed by atoms with Crippen LogP contribution in [0.5, 0.6) is 0 Å². The molecule has 0 bridgehead atoms. The van der Waals surface area contributed by atoms with Crippen LogP contribution in [0.1, 0.15) is 25.0 Å². The topological polar surface area (TPSA) is 29.5 Å². The van der Waals surface area contributed by atoms with Gasteiger partial charge in [0.1, 0.15) is 6.10 Å². The molecule has 0 saturated carbocycles. The zero-order chi connectivity index (χ0) is 14.7. The number of nitrogens with zero attached hydrogens (tertiary/aromatic N) is 1. The lowest BCUT2D eigenvalue weighted by atomic mass is 9.93. The van der Waals surface area contributed by atoms with E-state index >= 15 is 0 Å². The van der Waals surface area contributed by atoms with Crippen molar-refractivity contribution in [3.8, 4) is 0 Å². The molecule has 3 heteroatoms. The summed E-state index contributed by atoms with van der Waals surface area (Å²) in [6, 6.07) is 10.1. The van der Waals surface area contributed by atoms with E-state index in [9.17, 15) is 4.79 Å². The molecule has 1 aliphatic heterocycles. The normalized spacial score (nSPS) is 25.6. The van der Waals surface area contributed by atoms with Crippen LogP contribution < -0.4 is 0 Å². The van der Waals surface area contributed by atoms with E-state index in [0.717, 1.165) is 17.6 Å². The van der Waals surface area contributed by atoms with Crippen molar-refractivity contribution < 1.29 is 9.53 Å². The van der Waals surface area contributed by atoms with Crippen molar-refractivity contribution >= 4 is 5.91 Å². The van der Waals surface area contributed by atoms with E-state index in [1.165, 1.54) is 0 Å². The number of hydrogen-bond donors (Lipinski definition) is 0. The van der Waals surface area contributed by atoms with Gasteiger partial charge in [-0.2, -0.15) is 0 Å². The summed E-state index contributed by atoms with van der Waals surface area (Å²) in [6.45, 7) is 3.96. The Kier molecular flexibility index (Phi) is 4.20. The van der Waals surface area contributed by atoms with Crippen LogP contribution in [-0.4, -0.2) is 30.5 Å². The maximum Gasteiger partial charge on any atom is 0.233 e. The van der Waals surface area contributed by atoms with Crippen molar-refractivity contribution in [2.24, 2.45) is 5.92 Å². The fraction of sp³-hybridized carbons (Fsp3) is 0.389. The maximum atomic E-state index is 12.7. The number of amides is 1. The molecule has 1 aromatic rings. The minimum atomic E-state index is -0.0896. The van der Waals surface area contributed by atoms with Gasteiger partial charge < -0.3 is 9.64 Å². The minimum Gasteiger partial charge on any atom is -0.370 e. The summed E-state index contributed by atoms with van der Waals surface area (Å²) in [5.41, 5.74) is 2.30. The molecular formula is C18H21NO2. The van der Waals surface area contributed by atoms with E-state index in [4.69, 9.17) is 4.74 Å². The van der Waals surface area contributed by atoms with E-state index in [0.29, 0.717) is 19.7 Å². The van der Waals surface area contributed by atoms with Gasteiger partial charge in [-0.1, -0.05) is 54.1 Å². The summed E-state index contributed by atoms with van der Waals surface area (Å²) in [7, 11) is 0. The molecule has 0 aromatic heterocycles. The number of benzene rings is 1. The Bertz CT molecular complexity index is 562. The van der Waals surface area contributed by atoms with Crippen LogP contribution in [0, 0.1) is 5.92 Å². The Morgan fingerprint density at radius 2 is 2.10 bits per heavy atom. The maximum absolute atomic E-state index is 12.7. The number of carbonyl (C=O) groups excluding carboxylic acids is 1. The highest BCUT2D eigenvalue weighted by Crippen LogP contribution is 2.26. The Labute approximate surface area is 125 Å². The fourth-order valence-corrected chi connectivity index (χ4v) is 2.94. The van der Waals surface area contributed by atoms with Gasteiger partial charge in [-0.05, 0) is 18.9 Å². The molecule has 21 heavy (non-hydrogen) atoms. The van der Waals surface area contributed by atoms with Crippen LogP contribution in [0.2, 0.25) is 0 Å². The number of rotatable bonds is 2. The lowest BCUT2D eigenvalue weighted by Crippen LogP contribution is -2.45. The van der Waals surface area contributed by atoms with Gasteiger partial charge in [-0.25, -0.2) is 0 Å². The van der Waals surface area contributed by atoms with Crippen LogP contribution in [0.3, 0.4) is 0 Å². The van der Waals surface area contributed by atoms with E-state index in [1.54, 1.807) is 0 Å². The predicted octanol–water partition coefficient (Wildman–Crippen LogP) is 3.11. The second kappa shape index (κ2) is 6.27. The van der Waals surface area contributed by atoms with Crippen LogP contribution >= 0.6 is 0 Å². The SMILES string of the molecule is CC1=CCC=CC1C(=O)N1CCOC(c2ccccc2)C1. The molecule has 1 aliphatic carbocycles. The molecule has 1 fully saturated rings. The molecule has 1 saturated heterocycles. The highest BCUT2D eigenvalue weighted by molar-refractivity contribution is 5.83. The molecule has 2 aliphatic rings. The van der Waals surface area contributed by atoms with E-state index in [1.807, 2.05) is 36.1 Å². The zero-order valence-electron chi connectivity index (χ0n) is 12.4. The first kappa shape index (κ1) is 14.1. The minimum absolute atomic E-state index is 0.0132. The van der Waals surface area contributed by atoms with E-state index < -0.39 is 0 Å². The highest BCUT2D eigenvalue weighted by atomic mass is 16.5. The van der Waals surface area contributed by atoms with Gasteiger partial charge in [0.15, 0.2) is 0 Å². The molecule has 110 valence electrons. The number of morpholine rings is 1. The Balaban J connectivity index is 1.71. The third-order valence-corrected chi connectivity index (χ3v) is 4.21. The number of carbonyl (C=O) groups is 1. The summed E-state index contributed by atoms with van der Waals surface area (Å²) in [6.07, 6.45) is 7.17. The lowest BCUT2D eigenvalue weighted by molar-refractivity contribution is -0.140. The Hall–Kier alpha value is -1.87. The standard InChI is InChI=1S/C18H21NO2/c1-14-7-5-6-10-16(14)18(20)19-11-12-21-17(13-19)15-8-3-2-4-9-15/h2-4,6-10,16-17H,5,11-13H2,1H3. The molecule has 1 aromatic carbocycles. The van der Waals surface area contributed by atoms with Gasteiger partial charge in [-0.15, -0.1) is 0 Å². The van der Waals surface area contributed by atoms with Gasteiger partial charge in [-0.3, -0.25) is 4.79 Å². The first-order chi connectivity index (χ1) is 10.3. The van der Waals surface area contributed by atoms with Crippen molar-refractivity contribution in [1.29, 1.82) is 0 Å². The van der Waals surface area contributed by atoms with Crippen molar-refractivity contribution in [3.05, 3.63) is 59.7 Å². The molecule has 3 rings (SSSR count). The quantitative estimate of drug-likeness (QED) is 0.781. The highest BCUT2D eigenvalue weighted by Gasteiger charge is 2.29. The molecule has 0 N–H and O–H groups in total. The average Bonchev–Trinajstić information content (AvgIpc) is 2.56. The summed E-state index contributed by atoms with van der Waals surface area (Å²) in [5, 5.41) is 0. The summed E-state index contributed by atoms with van der Waals surface area (Å²) >= 11 is 0. The molecule has 3 nitrogen and oxygen atoms in total. The zero-order valence-corrected chi connectivity index (χ0v) is 12.4. The third kappa shape index (κ3) is 3.08. The summed E-state index contributed by atoms with van der Waals surface area (Å²) in [4.78, 5) is 14.7. The van der Waals surface area contributed by atoms with Crippen LogP contribution in [0.25, 0.3) is 0 Å². The Morgan fingerprint density at radius 1 is 1.29 bits per heavy atom. The second-order valence-electron chi connectivity index (χ2n) is 5.64. The van der Waals surface area contributed by atoms with Crippen LogP contribution in [-0.2, 0) is 9.53 Å². The van der Waals surface area contributed by atoms with Gasteiger partial charge in [0.25, 0.3) is 0 Å². The Morgan fingerprint density at radius 3 is 2.86 bits per heavy atom. The molecule has 1 heterocycles. The van der Waals surface area contributed by atoms with Gasteiger partial charge in [0.2, 0.25) is 5.91 Å². The van der Waals surface area contributed by atoms with Crippen molar-refractivity contribution in [3.63, 3.8) is 0 Å². The van der Waals surface area contributed by atoms with Crippen LogP contribution in [0.4, 0.5) is 0 Å². The van der Waals surface area contributed by atoms with Gasteiger partial charge in [0.05, 0.1) is 19.1 Å². The third-order valence-electron chi connectivity index (χ3n) is 4.21. The van der Waals surface area contributed by atoms with Crippen molar-refractivity contribution in [2.75, 3.05) is 19.7 Å². The number of hydrogen-bond acceptors (Lipinski definition) is 2. The molecule has 2 unspecified atom stereocenters. The first-order valence-electron chi connectivity index (χ1n) is 7.54. The monoisotopic (exact) mass is 283 g/mol. The van der Waals surface area contributed by atoms with Crippen molar-refractivity contribution in [1.82, 2.24) is 4.90 Å².